The van der Waals surface area contributed by atoms with E-state index < -0.39 is 10.8 Å². The van der Waals surface area contributed by atoms with Crippen molar-refractivity contribution in [3.63, 3.8) is 0 Å². The van der Waals surface area contributed by atoms with E-state index in [1.807, 2.05) is 0 Å². The van der Waals surface area contributed by atoms with Crippen LogP contribution in [0, 0.1) is 17.0 Å². The van der Waals surface area contributed by atoms with Crippen LogP contribution in [0.1, 0.15) is 16.2 Å². The predicted octanol–water partition coefficient (Wildman–Crippen LogP) is 2.66. The van der Waals surface area contributed by atoms with Crippen molar-refractivity contribution < 1.29 is 9.72 Å². The first kappa shape index (κ1) is 13.4. The van der Waals surface area contributed by atoms with Gasteiger partial charge in [0.25, 0.3) is 11.6 Å². The number of nitrogens with one attached hydrogen (secondary N) is 1. The summed E-state index contributed by atoms with van der Waals surface area (Å²) in [4.78, 5) is 26.0. The molecule has 1 N–H and O–H groups in total. The maximum Gasteiger partial charge on any atom is 0.288 e. The van der Waals surface area contributed by atoms with Gasteiger partial charge in [-0.15, -0.1) is 0 Å². The number of anilines is 1. The SMILES string of the molecule is Cc1nsc(NC(=O)c2cccc([N+](=O)[O-])c2Cl)n1. The highest BCUT2D eigenvalue weighted by molar-refractivity contribution is 7.09. The van der Waals surface area contributed by atoms with E-state index >= 15 is 0 Å². The summed E-state index contributed by atoms with van der Waals surface area (Å²) in [6.45, 7) is 1.69. The zero-order chi connectivity index (χ0) is 14.0. The number of nitro benzene ring substituents is 1. The molecule has 1 aromatic carbocycles. The van der Waals surface area contributed by atoms with Crippen LogP contribution in [0.25, 0.3) is 0 Å². The van der Waals surface area contributed by atoms with Crippen molar-refractivity contribution in [3.8, 4) is 0 Å². The lowest BCUT2D eigenvalue weighted by Gasteiger charge is -2.03. The monoisotopic (exact) mass is 298 g/mol. The van der Waals surface area contributed by atoms with Crippen LogP contribution < -0.4 is 5.32 Å². The van der Waals surface area contributed by atoms with E-state index in [0.717, 1.165) is 11.5 Å². The van der Waals surface area contributed by atoms with Gasteiger partial charge in [-0.2, -0.15) is 4.37 Å². The number of amides is 1. The van der Waals surface area contributed by atoms with Gasteiger partial charge in [0.2, 0.25) is 5.13 Å². The van der Waals surface area contributed by atoms with Gasteiger partial charge >= 0.3 is 0 Å². The number of carbonyl (C=O) groups is 1. The number of halogens is 1. The number of hydrogen-bond acceptors (Lipinski definition) is 6. The predicted molar refractivity (Wildman–Crippen MR) is 70.7 cm³/mol. The number of nitro groups is 1. The third-order valence-electron chi connectivity index (χ3n) is 2.17. The van der Waals surface area contributed by atoms with Crippen molar-refractivity contribution >= 4 is 39.9 Å². The Kier molecular flexibility index (Phi) is 3.72. The maximum atomic E-state index is 11.9. The number of nitrogens with zero attached hydrogens (tertiary/aromatic N) is 3. The minimum atomic E-state index is -0.645. The van der Waals surface area contributed by atoms with Gasteiger partial charge in [0, 0.05) is 17.6 Å². The molecule has 98 valence electrons. The lowest BCUT2D eigenvalue weighted by atomic mass is 10.2. The van der Waals surface area contributed by atoms with Crippen LogP contribution in [0.3, 0.4) is 0 Å². The highest BCUT2D eigenvalue weighted by Gasteiger charge is 2.20. The highest BCUT2D eigenvalue weighted by Crippen LogP contribution is 2.28. The normalized spacial score (nSPS) is 10.2. The molecule has 0 radical (unpaired) electrons. The first-order valence-electron chi connectivity index (χ1n) is 5.03. The fourth-order valence-electron chi connectivity index (χ4n) is 1.35. The van der Waals surface area contributed by atoms with Crippen molar-refractivity contribution in [1.29, 1.82) is 0 Å². The van der Waals surface area contributed by atoms with Gasteiger partial charge in [0.05, 0.1) is 10.5 Å². The Morgan fingerprint density at radius 2 is 2.26 bits per heavy atom. The zero-order valence-corrected chi connectivity index (χ0v) is 11.2. The summed E-state index contributed by atoms with van der Waals surface area (Å²) in [5.41, 5.74) is -0.300. The van der Waals surface area contributed by atoms with E-state index in [2.05, 4.69) is 14.7 Å². The van der Waals surface area contributed by atoms with Crippen molar-refractivity contribution in [2.75, 3.05) is 5.32 Å². The van der Waals surface area contributed by atoms with Crippen molar-refractivity contribution in [2.24, 2.45) is 0 Å². The van der Waals surface area contributed by atoms with E-state index in [0.29, 0.717) is 11.0 Å². The van der Waals surface area contributed by atoms with Gasteiger partial charge in [0.1, 0.15) is 10.8 Å². The average molecular weight is 299 g/mol. The van der Waals surface area contributed by atoms with E-state index in [4.69, 9.17) is 11.6 Å². The molecule has 0 fully saturated rings. The summed E-state index contributed by atoms with van der Waals surface area (Å²) in [6.07, 6.45) is 0. The molecular formula is C10H7ClN4O3S. The Hall–Kier alpha value is -2.06. The van der Waals surface area contributed by atoms with Gasteiger partial charge < -0.3 is 0 Å². The smallest absolute Gasteiger partial charge is 0.288 e. The van der Waals surface area contributed by atoms with E-state index in [1.54, 1.807) is 6.92 Å². The summed E-state index contributed by atoms with van der Waals surface area (Å²) < 4.78 is 3.91. The minimum Gasteiger partial charge on any atom is -0.297 e. The fraction of sp³-hybridized carbons (Fsp3) is 0.100. The number of hydrogen-bond donors (Lipinski definition) is 1. The number of carbonyl (C=O) groups excluding carboxylic acids is 1. The van der Waals surface area contributed by atoms with Gasteiger partial charge in [-0.05, 0) is 13.0 Å². The van der Waals surface area contributed by atoms with Crippen molar-refractivity contribution in [1.82, 2.24) is 9.36 Å². The second kappa shape index (κ2) is 5.29. The van der Waals surface area contributed by atoms with Crippen LogP contribution in [0.5, 0.6) is 0 Å². The molecule has 1 heterocycles. The molecule has 0 aliphatic rings. The minimum absolute atomic E-state index is 0.0173. The molecule has 0 bridgehead atoms. The average Bonchev–Trinajstić information content (AvgIpc) is 2.74. The molecule has 0 saturated carbocycles. The Balaban J connectivity index is 2.29. The quantitative estimate of drug-likeness (QED) is 0.694. The first-order valence-corrected chi connectivity index (χ1v) is 6.18. The van der Waals surface area contributed by atoms with Crippen LogP contribution in [-0.2, 0) is 0 Å². The molecule has 0 spiro atoms. The molecule has 9 heteroatoms. The lowest BCUT2D eigenvalue weighted by molar-refractivity contribution is -0.384. The molecule has 2 aromatic rings. The third kappa shape index (κ3) is 2.85. The second-order valence-corrected chi connectivity index (χ2v) is 4.63. The van der Waals surface area contributed by atoms with Crippen molar-refractivity contribution in [3.05, 3.63) is 44.7 Å². The highest BCUT2D eigenvalue weighted by atomic mass is 35.5. The summed E-state index contributed by atoms with van der Waals surface area (Å²) in [5, 5.41) is 13.3. The molecule has 0 aliphatic heterocycles. The topological polar surface area (TPSA) is 98.0 Å². The molecule has 7 nitrogen and oxygen atoms in total. The fourth-order valence-corrected chi connectivity index (χ4v) is 2.20. The van der Waals surface area contributed by atoms with E-state index in [-0.39, 0.29) is 16.3 Å². The Morgan fingerprint density at radius 3 is 2.84 bits per heavy atom. The molecule has 0 atom stereocenters. The molecule has 1 aromatic heterocycles. The Labute approximate surface area is 116 Å². The lowest BCUT2D eigenvalue weighted by Crippen LogP contribution is -2.12. The maximum absolute atomic E-state index is 11.9. The summed E-state index contributed by atoms with van der Waals surface area (Å²) in [5.74, 6) is -0.0321. The number of aryl methyl sites for hydroxylation is 1. The van der Waals surface area contributed by atoms with Gasteiger partial charge in [0.15, 0.2) is 0 Å². The summed E-state index contributed by atoms with van der Waals surface area (Å²) in [7, 11) is 0. The van der Waals surface area contributed by atoms with Crippen LogP contribution in [0.2, 0.25) is 5.02 Å². The molecule has 0 saturated heterocycles. The number of aromatic nitrogens is 2. The molecule has 0 aliphatic carbocycles. The molecule has 1 amide bonds. The Morgan fingerprint density at radius 1 is 1.53 bits per heavy atom. The molecule has 0 unspecified atom stereocenters. The summed E-state index contributed by atoms with van der Waals surface area (Å²) >= 11 is 6.85. The Bertz CT molecular complexity index is 658. The van der Waals surface area contributed by atoms with Gasteiger partial charge in [-0.25, -0.2) is 4.98 Å². The molecule has 2 rings (SSSR count). The summed E-state index contributed by atoms with van der Waals surface area (Å²) in [6, 6.07) is 4.02. The first-order chi connectivity index (χ1) is 8.99. The van der Waals surface area contributed by atoms with Crippen LogP contribution in [0.15, 0.2) is 18.2 Å². The van der Waals surface area contributed by atoms with E-state index in [9.17, 15) is 14.9 Å². The molecular weight excluding hydrogens is 292 g/mol. The second-order valence-electron chi connectivity index (χ2n) is 3.50. The zero-order valence-electron chi connectivity index (χ0n) is 9.58. The third-order valence-corrected chi connectivity index (χ3v) is 3.29. The standard InChI is InChI=1S/C10H7ClN4O3S/c1-5-12-10(19-14-5)13-9(16)6-3-2-4-7(8(6)11)15(17)18/h2-4H,1H3,(H,12,13,14,16). The van der Waals surface area contributed by atoms with Crippen LogP contribution >= 0.6 is 23.1 Å². The van der Waals surface area contributed by atoms with Crippen molar-refractivity contribution in [2.45, 2.75) is 6.92 Å². The molecule has 19 heavy (non-hydrogen) atoms. The number of benzene rings is 1. The van der Waals surface area contributed by atoms with Crippen LogP contribution in [0.4, 0.5) is 10.8 Å². The van der Waals surface area contributed by atoms with Gasteiger partial charge in [-0.3, -0.25) is 20.2 Å². The van der Waals surface area contributed by atoms with Gasteiger partial charge in [-0.1, -0.05) is 17.7 Å². The van der Waals surface area contributed by atoms with E-state index in [1.165, 1.54) is 18.2 Å². The number of rotatable bonds is 3. The largest absolute Gasteiger partial charge is 0.297 e. The van der Waals surface area contributed by atoms with Crippen LogP contribution in [-0.4, -0.2) is 20.2 Å².